The van der Waals surface area contributed by atoms with Crippen LogP contribution in [0.4, 0.5) is 0 Å². The zero-order valence-electron chi connectivity index (χ0n) is 12.1. The van der Waals surface area contributed by atoms with Crippen molar-refractivity contribution in [2.75, 3.05) is 26.7 Å². The topological polar surface area (TPSA) is 47.9 Å². The summed E-state index contributed by atoms with van der Waals surface area (Å²) in [7, 11) is 3.24. The van der Waals surface area contributed by atoms with Crippen LogP contribution in [-0.2, 0) is 4.74 Å². The van der Waals surface area contributed by atoms with Crippen LogP contribution in [0.1, 0.15) is 6.42 Å². The maximum Gasteiger partial charge on any atom is 0.168 e. The molecule has 2 aromatic rings. The molecule has 0 aliphatic rings. The maximum absolute atomic E-state index is 9.53. The molecule has 0 amide bonds. The second kappa shape index (κ2) is 7.38. The molecular formula is C16H19ClO4. The van der Waals surface area contributed by atoms with E-state index in [-0.39, 0.29) is 11.9 Å². The van der Waals surface area contributed by atoms with Crippen LogP contribution in [0.2, 0.25) is 0 Å². The summed E-state index contributed by atoms with van der Waals surface area (Å²) in [5.41, 5.74) is 0. The third-order valence-corrected chi connectivity index (χ3v) is 3.53. The molecule has 0 saturated heterocycles. The van der Waals surface area contributed by atoms with Crippen LogP contribution in [-0.4, -0.2) is 37.9 Å². The van der Waals surface area contributed by atoms with Crippen molar-refractivity contribution in [3.05, 3.63) is 30.3 Å². The predicted octanol–water partition coefficient (Wildman–Crippen LogP) is 3.58. The van der Waals surface area contributed by atoms with E-state index >= 15 is 0 Å². The van der Waals surface area contributed by atoms with Crippen molar-refractivity contribution in [1.82, 2.24) is 0 Å². The van der Waals surface area contributed by atoms with Crippen molar-refractivity contribution in [3.8, 4) is 17.2 Å². The van der Waals surface area contributed by atoms with Gasteiger partial charge in [-0.05, 0) is 36.1 Å². The predicted molar refractivity (Wildman–Crippen MR) is 83.8 cm³/mol. The van der Waals surface area contributed by atoms with E-state index < -0.39 is 0 Å². The Morgan fingerprint density at radius 3 is 2.67 bits per heavy atom. The molecule has 0 saturated carbocycles. The van der Waals surface area contributed by atoms with Crippen LogP contribution in [0, 0.1) is 0 Å². The number of hydrogen-bond donors (Lipinski definition) is 1. The van der Waals surface area contributed by atoms with Crippen molar-refractivity contribution in [2.45, 2.75) is 12.5 Å². The third-order valence-electron chi connectivity index (χ3n) is 3.31. The first-order chi connectivity index (χ1) is 10.2. The van der Waals surface area contributed by atoms with E-state index in [1.165, 1.54) is 0 Å². The van der Waals surface area contributed by atoms with Gasteiger partial charge in [0.2, 0.25) is 0 Å². The Morgan fingerprint density at radius 2 is 2.00 bits per heavy atom. The van der Waals surface area contributed by atoms with Crippen molar-refractivity contribution in [3.63, 3.8) is 0 Å². The highest BCUT2D eigenvalue weighted by Gasteiger charge is 2.13. The summed E-state index contributed by atoms with van der Waals surface area (Å²) in [5, 5.41) is 11.3. The molecule has 0 spiro atoms. The Morgan fingerprint density at radius 1 is 1.19 bits per heavy atom. The average Bonchev–Trinajstić information content (AvgIpc) is 2.50. The van der Waals surface area contributed by atoms with E-state index in [0.29, 0.717) is 24.0 Å². The number of fused-ring (bicyclic) bond motifs is 1. The fourth-order valence-electron chi connectivity index (χ4n) is 2.17. The molecule has 2 rings (SSSR count). The molecule has 0 fully saturated rings. The number of rotatable bonds is 7. The molecule has 1 atom stereocenters. The molecule has 0 aliphatic heterocycles. The van der Waals surface area contributed by atoms with Gasteiger partial charge in [-0.2, -0.15) is 0 Å². The highest BCUT2D eigenvalue weighted by Crippen LogP contribution is 2.36. The fourth-order valence-corrected chi connectivity index (χ4v) is 2.41. The summed E-state index contributed by atoms with van der Waals surface area (Å²) in [4.78, 5) is 0. The molecular weight excluding hydrogens is 292 g/mol. The molecule has 2 aromatic carbocycles. The minimum Gasteiger partial charge on any atom is -0.508 e. The Labute approximate surface area is 129 Å². The Kier molecular flexibility index (Phi) is 5.53. The molecule has 1 unspecified atom stereocenters. The largest absolute Gasteiger partial charge is 0.508 e. The van der Waals surface area contributed by atoms with Gasteiger partial charge < -0.3 is 19.3 Å². The van der Waals surface area contributed by atoms with Gasteiger partial charge in [0.25, 0.3) is 0 Å². The van der Waals surface area contributed by atoms with E-state index in [2.05, 4.69) is 0 Å². The van der Waals surface area contributed by atoms with Crippen LogP contribution in [0.25, 0.3) is 10.8 Å². The zero-order valence-corrected chi connectivity index (χ0v) is 12.9. The minimum atomic E-state index is -0.0530. The number of alkyl halides is 1. The van der Waals surface area contributed by atoms with Gasteiger partial charge in [0.15, 0.2) is 11.5 Å². The lowest BCUT2D eigenvalue weighted by Crippen LogP contribution is -2.20. The summed E-state index contributed by atoms with van der Waals surface area (Å²) >= 11 is 5.72. The van der Waals surface area contributed by atoms with Gasteiger partial charge >= 0.3 is 0 Å². The first-order valence-corrected chi connectivity index (χ1v) is 7.24. The Balaban J connectivity index is 2.25. The molecule has 4 nitrogen and oxygen atoms in total. The van der Waals surface area contributed by atoms with Crippen molar-refractivity contribution >= 4 is 22.4 Å². The van der Waals surface area contributed by atoms with Gasteiger partial charge in [-0.15, -0.1) is 11.6 Å². The average molecular weight is 311 g/mol. The molecule has 21 heavy (non-hydrogen) atoms. The molecule has 1 N–H and O–H groups in total. The second-order valence-electron chi connectivity index (χ2n) is 4.65. The number of methoxy groups -OCH3 is 2. The number of phenolic OH excluding ortho intramolecular Hbond substituents is 1. The third kappa shape index (κ3) is 3.71. The van der Waals surface area contributed by atoms with Gasteiger partial charge in [-0.25, -0.2) is 0 Å². The number of halogens is 1. The van der Waals surface area contributed by atoms with Gasteiger partial charge in [-0.3, -0.25) is 0 Å². The SMILES string of the molecule is COc1c(OCC(CCCl)OC)ccc2cc(O)ccc12. The molecule has 0 aromatic heterocycles. The molecule has 0 bridgehead atoms. The summed E-state index contributed by atoms with van der Waals surface area (Å²) in [5.74, 6) is 2.04. The monoisotopic (exact) mass is 310 g/mol. The van der Waals surface area contributed by atoms with Crippen LogP contribution in [0.15, 0.2) is 30.3 Å². The molecule has 5 heteroatoms. The lowest BCUT2D eigenvalue weighted by atomic mass is 10.1. The number of benzene rings is 2. The molecule has 0 aliphatic carbocycles. The summed E-state index contributed by atoms with van der Waals surface area (Å²) < 4.78 is 16.6. The first-order valence-electron chi connectivity index (χ1n) is 6.71. The Hall–Kier alpha value is -1.65. The van der Waals surface area contributed by atoms with E-state index in [4.69, 9.17) is 25.8 Å². The van der Waals surface area contributed by atoms with E-state index in [1.54, 1.807) is 26.4 Å². The lowest BCUT2D eigenvalue weighted by molar-refractivity contribution is 0.0553. The number of aromatic hydroxyl groups is 1. The van der Waals surface area contributed by atoms with E-state index in [1.807, 2.05) is 18.2 Å². The van der Waals surface area contributed by atoms with Crippen molar-refractivity contribution in [1.29, 1.82) is 0 Å². The second-order valence-corrected chi connectivity index (χ2v) is 5.03. The number of hydrogen-bond acceptors (Lipinski definition) is 4. The molecule has 0 heterocycles. The standard InChI is InChI=1S/C16H19ClO4/c1-19-13(7-8-17)10-21-15-6-3-11-9-12(18)4-5-14(11)16(15)20-2/h3-6,9,13,18H,7-8,10H2,1-2H3. The van der Waals surface area contributed by atoms with E-state index in [0.717, 1.165) is 17.2 Å². The Bertz CT molecular complexity index is 600. The summed E-state index contributed by atoms with van der Waals surface area (Å²) in [6, 6.07) is 8.83. The van der Waals surface area contributed by atoms with Gasteiger partial charge in [0.1, 0.15) is 12.4 Å². The quantitative estimate of drug-likeness (QED) is 0.794. The first kappa shape index (κ1) is 15.7. The summed E-state index contributed by atoms with van der Waals surface area (Å²) in [6.45, 7) is 0.406. The van der Waals surface area contributed by atoms with Gasteiger partial charge in [-0.1, -0.05) is 6.07 Å². The fraction of sp³-hybridized carbons (Fsp3) is 0.375. The van der Waals surface area contributed by atoms with Crippen LogP contribution in [0.5, 0.6) is 17.2 Å². The van der Waals surface area contributed by atoms with Crippen molar-refractivity contribution < 1.29 is 19.3 Å². The highest BCUT2D eigenvalue weighted by atomic mass is 35.5. The molecule has 0 radical (unpaired) electrons. The number of ether oxygens (including phenoxy) is 3. The van der Waals surface area contributed by atoms with Crippen LogP contribution < -0.4 is 9.47 Å². The zero-order chi connectivity index (χ0) is 15.2. The highest BCUT2D eigenvalue weighted by molar-refractivity contribution is 6.17. The van der Waals surface area contributed by atoms with Crippen LogP contribution >= 0.6 is 11.6 Å². The van der Waals surface area contributed by atoms with E-state index in [9.17, 15) is 5.11 Å². The number of phenols is 1. The van der Waals surface area contributed by atoms with Crippen LogP contribution in [0.3, 0.4) is 0 Å². The maximum atomic E-state index is 9.53. The minimum absolute atomic E-state index is 0.0530. The summed E-state index contributed by atoms with van der Waals surface area (Å²) in [6.07, 6.45) is 0.671. The lowest BCUT2D eigenvalue weighted by Gasteiger charge is -2.17. The van der Waals surface area contributed by atoms with Gasteiger partial charge in [0.05, 0.1) is 13.2 Å². The van der Waals surface area contributed by atoms with Crippen molar-refractivity contribution in [2.24, 2.45) is 0 Å². The molecule has 114 valence electrons. The smallest absolute Gasteiger partial charge is 0.168 e. The van der Waals surface area contributed by atoms with Gasteiger partial charge in [0, 0.05) is 18.4 Å². The normalized spacial score (nSPS) is 12.3.